The van der Waals surface area contributed by atoms with Gasteiger partial charge in [-0.3, -0.25) is 4.79 Å². The Hall–Kier alpha value is -2.33. The number of carbonyl (C=O) groups is 1. The van der Waals surface area contributed by atoms with Crippen molar-refractivity contribution >= 4 is 33.0 Å². The molecule has 3 aromatic rings. The summed E-state index contributed by atoms with van der Waals surface area (Å²) in [6.45, 7) is 5.03. The molecule has 0 bridgehead atoms. The molecule has 2 heterocycles. The molecule has 3 nitrogen and oxygen atoms in total. The first-order valence-electron chi connectivity index (χ1n) is 8.31. The summed E-state index contributed by atoms with van der Waals surface area (Å²) in [5.41, 5.74) is 2.59. The summed E-state index contributed by atoms with van der Waals surface area (Å²) in [7, 11) is 0. The summed E-state index contributed by atoms with van der Waals surface area (Å²) in [5.74, 6) is 0.174. The fraction of sp³-hybridized carbons (Fsp3) is 0.250. The number of rotatable bonds is 2. The van der Waals surface area contributed by atoms with Crippen LogP contribution in [-0.2, 0) is 4.79 Å². The minimum atomic E-state index is 0.174. The highest BCUT2D eigenvalue weighted by Crippen LogP contribution is 2.44. The molecule has 0 aliphatic carbocycles. The van der Waals surface area contributed by atoms with Crippen LogP contribution in [0.3, 0.4) is 0 Å². The van der Waals surface area contributed by atoms with Crippen molar-refractivity contribution in [3.63, 3.8) is 0 Å². The molecule has 1 amide bonds. The molecule has 0 atom stereocenters. The minimum absolute atomic E-state index is 0.174. The minimum Gasteiger partial charge on any atom is -0.366 e. The number of nitrogens with zero attached hydrogens (tertiary/aromatic N) is 2. The van der Waals surface area contributed by atoms with E-state index in [0.717, 1.165) is 26.2 Å². The standard InChI is InChI=1S/C20H20N2OS/c1-15(23)21-11-13-22(14-12-21)19-17-9-5-6-10-18(17)24-20(19)16-7-3-2-4-8-16/h2-10H,11-14H2,1H3. The second kappa shape index (κ2) is 6.29. The lowest BCUT2D eigenvalue weighted by Crippen LogP contribution is -2.48. The van der Waals surface area contributed by atoms with Gasteiger partial charge in [0.05, 0.1) is 10.6 Å². The van der Waals surface area contributed by atoms with E-state index in [1.54, 1.807) is 6.92 Å². The smallest absolute Gasteiger partial charge is 0.219 e. The highest BCUT2D eigenvalue weighted by molar-refractivity contribution is 7.23. The van der Waals surface area contributed by atoms with Crippen LogP contribution in [0.1, 0.15) is 6.92 Å². The Morgan fingerprint density at radius 1 is 0.917 bits per heavy atom. The number of amides is 1. The molecule has 122 valence electrons. The third-order valence-corrected chi connectivity index (χ3v) is 5.86. The zero-order valence-electron chi connectivity index (χ0n) is 13.7. The zero-order chi connectivity index (χ0) is 16.5. The lowest BCUT2D eigenvalue weighted by molar-refractivity contribution is -0.129. The van der Waals surface area contributed by atoms with Crippen molar-refractivity contribution in [1.29, 1.82) is 0 Å². The molecule has 1 aliphatic heterocycles. The van der Waals surface area contributed by atoms with Gasteiger partial charge < -0.3 is 9.80 Å². The number of piperazine rings is 1. The van der Waals surface area contributed by atoms with Gasteiger partial charge in [0.1, 0.15) is 0 Å². The Labute approximate surface area is 146 Å². The highest BCUT2D eigenvalue weighted by atomic mass is 32.1. The SMILES string of the molecule is CC(=O)N1CCN(c2c(-c3ccccc3)sc3ccccc23)CC1. The Morgan fingerprint density at radius 2 is 1.58 bits per heavy atom. The molecule has 4 heteroatoms. The molecule has 1 saturated heterocycles. The maximum Gasteiger partial charge on any atom is 0.219 e. The topological polar surface area (TPSA) is 23.6 Å². The number of hydrogen-bond donors (Lipinski definition) is 0. The van der Waals surface area contributed by atoms with Crippen molar-refractivity contribution < 1.29 is 4.79 Å². The van der Waals surface area contributed by atoms with Crippen LogP contribution in [0.25, 0.3) is 20.5 Å². The summed E-state index contributed by atoms with van der Waals surface area (Å²) in [5, 5.41) is 1.32. The van der Waals surface area contributed by atoms with Crippen molar-refractivity contribution in [2.24, 2.45) is 0 Å². The fourth-order valence-corrected chi connectivity index (χ4v) is 4.61. The average molecular weight is 336 g/mol. The molecule has 2 aromatic carbocycles. The van der Waals surface area contributed by atoms with Crippen LogP contribution in [0.5, 0.6) is 0 Å². The van der Waals surface area contributed by atoms with Gasteiger partial charge >= 0.3 is 0 Å². The molecule has 0 unspecified atom stereocenters. The number of anilines is 1. The quantitative estimate of drug-likeness (QED) is 0.699. The third-order valence-electron chi connectivity index (χ3n) is 4.65. The van der Waals surface area contributed by atoms with Gasteiger partial charge in [0.15, 0.2) is 0 Å². The van der Waals surface area contributed by atoms with E-state index >= 15 is 0 Å². The van der Waals surface area contributed by atoms with Crippen LogP contribution >= 0.6 is 11.3 Å². The molecule has 0 saturated carbocycles. The van der Waals surface area contributed by atoms with Gasteiger partial charge in [-0.2, -0.15) is 0 Å². The van der Waals surface area contributed by atoms with Crippen LogP contribution in [0, 0.1) is 0 Å². The van der Waals surface area contributed by atoms with E-state index in [-0.39, 0.29) is 5.91 Å². The van der Waals surface area contributed by atoms with Crippen molar-refractivity contribution in [2.75, 3.05) is 31.1 Å². The van der Waals surface area contributed by atoms with E-state index in [1.807, 2.05) is 16.2 Å². The Morgan fingerprint density at radius 3 is 2.29 bits per heavy atom. The van der Waals surface area contributed by atoms with Crippen LogP contribution in [0.4, 0.5) is 5.69 Å². The normalized spacial score (nSPS) is 15.0. The molecule has 1 aliphatic rings. The molecule has 0 radical (unpaired) electrons. The van der Waals surface area contributed by atoms with Gasteiger partial charge in [0, 0.05) is 43.2 Å². The van der Waals surface area contributed by atoms with Crippen LogP contribution < -0.4 is 4.90 Å². The molecular weight excluding hydrogens is 316 g/mol. The van der Waals surface area contributed by atoms with E-state index < -0.39 is 0 Å². The first-order valence-corrected chi connectivity index (χ1v) is 9.13. The summed E-state index contributed by atoms with van der Waals surface area (Å²) in [4.78, 5) is 17.3. The molecule has 4 rings (SSSR count). The Bertz CT molecular complexity index is 864. The van der Waals surface area contributed by atoms with Crippen LogP contribution in [0.2, 0.25) is 0 Å². The first-order chi connectivity index (χ1) is 11.7. The van der Waals surface area contributed by atoms with E-state index in [2.05, 4.69) is 59.5 Å². The zero-order valence-corrected chi connectivity index (χ0v) is 14.6. The molecular formula is C20H20N2OS. The van der Waals surface area contributed by atoms with Crippen molar-refractivity contribution in [1.82, 2.24) is 4.90 Å². The maximum absolute atomic E-state index is 11.6. The maximum atomic E-state index is 11.6. The largest absolute Gasteiger partial charge is 0.366 e. The van der Waals surface area contributed by atoms with Crippen molar-refractivity contribution in [2.45, 2.75) is 6.92 Å². The third kappa shape index (κ3) is 2.67. The number of fused-ring (bicyclic) bond motifs is 1. The molecule has 24 heavy (non-hydrogen) atoms. The Kier molecular flexibility index (Phi) is 3.98. The predicted octanol–water partition coefficient (Wildman–Crippen LogP) is 4.24. The number of hydrogen-bond acceptors (Lipinski definition) is 3. The molecule has 0 N–H and O–H groups in total. The van der Waals surface area contributed by atoms with Crippen LogP contribution in [0.15, 0.2) is 54.6 Å². The van der Waals surface area contributed by atoms with Gasteiger partial charge in [-0.05, 0) is 11.6 Å². The number of thiophene rings is 1. The Balaban J connectivity index is 1.78. The lowest BCUT2D eigenvalue weighted by atomic mass is 10.1. The van der Waals surface area contributed by atoms with E-state index in [0.29, 0.717) is 0 Å². The van der Waals surface area contributed by atoms with E-state index in [9.17, 15) is 4.79 Å². The summed E-state index contributed by atoms with van der Waals surface area (Å²) in [6, 6.07) is 19.2. The number of benzene rings is 2. The summed E-state index contributed by atoms with van der Waals surface area (Å²) in [6.07, 6.45) is 0. The van der Waals surface area contributed by atoms with E-state index in [1.165, 1.54) is 26.2 Å². The highest BCUT2D eigenvalue weighted by Gasteiger charge is 2.24. The molecule has 1 aromatic heterocycles. The second-order valence-electron chi connectivity index (χ2n) is 6.14. The average Bonchev–Trinajstić information content (AvgIpc) is 3.02. The van der Waals surface area contributed by atoms with Gasteiger partial charge in [-0.1, -0.05) is 48.5 Å². The van der Waals surface area contributed by atoms with Gasteiger partial charge in [-0.25, -0.2) is 0 Å². The fourth-order valence-electron chi connectivity index (χ4n) is 3.38. The predicted molar refractivity (Wildman–Crippen MR) is 102 cm³/mol. The lowest BCUT2D eigenvalue weighted by Gasteiger charge is -2.36. The van der Waals surface area contributed by atoms with Crippen LogP contribution in [-0.4, -0.2) is 37.0 Å². The second-order valence-corrected chi connectivity index (χ2v) is 7.19. The summed E-state index contributed by atoms with van der Waals surface area (Å²) < 4.78 is 1.32. The van der Waals surface area contributed by atoms with Gasteiger partial charge in [0.25, 0.3) is 0 Å². The van der Waals surface area contributed by atoms with E-state index in [4.69, 9.17) is 0 Å². The summed E-state index contributed by atoms with van der Waals surface area (Å²) >= 11 is 1.86. The molecule has 0 spiro atoms. The van der Waals surface area contributed by atoms with Gasteiger partial charge in [-0.15, -0.1) is 11.3 Å². The number of carbonyl (C=O) groups excluding carboxylic acids is 1. The molecule has 1 fully saturated rings. The first kappa shape index (κ1) is 15.2. The van der Waals surface area contributed by atoms with Crippen molar-refractivity contribution in [3.05, 3.63) is 54.6 Å². The van der Waals surface area contributed by atoms with Gasteiger partial charge in [0.2, 0.25) is 5.91 Å². The monoisotopic (exact) mass is 336 g/mol. The van der Waals surface area contributed by atoms with Crippen molar-refractivity contribution in [3.8, 4) is 10.4 Å².